The summed E-state index contributed by atoms with van der Waals surface area (Å²) >= 11 is 0. The summed E-state index contributed by atoms with van der Waals surface area (Å²) in [6, 6.07) is 18.0. The topological polar surface area (TPSA) is 117 Å². The maximum atomic E-state index is 12.5. The van der Waals surface area contributed by atoms with E-state index in [0.717, 1.165) is 5.56 Å². The first-order valence-corrected chi connectivity index (χ1v) is 9.62. The van der Waals surface area contributed by atoms with Gasteiger partial charge < -0.3 is 25.3 Å². The van der Waals surface area contributed by atoms with Crippen LogP contribution in [-0.2, 0) is 11.3 Å². The molecule has 3 aromatic rings. The van der Waals surface area contributed by atoms with Crippen LogP contribution in [0.5, 0.6) is 17.2 Å². The predicted octanol–water partition coefficient (Wildman–Crippen LogP) is 3.30. The fourth-order valence-corrected chi connectivity index (χ4v) is 2.92. The van der Waals surface area contributed by atoms with Gasteiger partial charge in [0.2, 0.25) is 5.91 Å². The number of ether oxygens (including phenoxy) is 3. The van der Waals surface area contributed by atoms with Gasteiger partial charge in [-0.15, -0.1) is 0 Å². The number of primary amides is 1. The number of amides is 2. The summed E-state index contributed by atoms with van der Waals surface area (Å²) in [5.74, 6) is 0.155. The van der Waals surface area contributed by atoms with Crippen molar-refractivity contribution < 1.29 is 28.6 Å². The highest BCUT2D eigenvalue weighted by molar-refractivity contribution is 5.95. The molecule has 3 rings (SSSR count). The molecule has 0 radical (unpaired) electrons. The Hall–Kier alpha value is -4.33. The van der Waals surface area contributed by atoms with Crippen molar-refractivity contribution in [3.8, 4) is 17.2 Å². The Morgan fingerprint density at radius 1 is 0.844 bits per heavy atom. The monoisotopic (exact) mass is 434 g/mol. The standard InChI is InChI=1S/C24H22N2O6/c1-30-21-12-3-15(13-20(21)24(29)31-2)14-26-23(28)17-6-10-19(11-7-17)32-18-8-4-16(5-9-18)22(25)27/h3-13H,14H2,1-2H3,(H2,25,27)(H,26,28). The zero-order valence-electron chi connectivity index (χ0n) is 17.6. The van der Waals surface area contributed by atoms with Crippen molar-refractivity contribution in [2.24, 2.45) is 5.73 Å². The predicted molar refractivity (Wildman–Crippen MR) is 117 cm³/mol. The van der Waals surface area contributed by atoms with Gasteiger partial charge in [-0.1, -0.05) is 6.07 Å². The maximum absolute atomic E-state index is 12.5. The average molecular weight is 434 g/mol. The first-order valence-electron chi connectivity index (χ1n) is 9.62. The van der Waals surface area contributed by atoms with E-state index in [-0.39, 0.29) is 18.0 Å². The first-order chi connectivity index (χ1) is 15.4. The smallest absolute Gasteiger partial charge is 0.341 e. The molecule has 0 aliphatic heterocycles. The normalized spacial score (nSPS) is 10.2. The molecule has 0 saturated carbocycles. The van der Waals surface area contributed by atoms with Gasteiger partial charge in [0.1, 0.15) is 22.8 Å². The third-order valence-corrected chi connectivity index (χ3v) is 4.61. The summed E-state index contributed by atoms with van der Waals surface area (Å²) in [5, 5.41) is 2.81. The molecule has 0 aliphatic carbocycles. The molecule has 0 aliphatic rings. The highest BCUT2D eigenvalue weighted by atomic mass is 16.5. The van der Waals surface area contributed by atoms with Gasteiger partial charge in [0.15, 0.2) is 0 Å². The highest BCUT2D eigenvalue weighted by Crippen LogP contribution is 2.23. The molecule has 32 heavy (non-hydrogen) atoms. The lowest BCUT2D eigenvalue weighted by Crippen LogP contribution is -2.22. The molecular formula is C24H22N2O6. The van der Waals surface area contributed by atoms with Gasteiger partial charge in [0.05, 0.1) is 14.2 Å². The summed E-state index contributed by atoms with van der Waals surface area (Å²) in [6.45, 7) is 0.220. The van der Waals surface area contributed by atoms with Crippen LogP contribution in [0.1, 0.15) is 36.6 Å². The Bertz CT molecular complexity index is 1120. The fourth-order valence-electron chi connectivity index (χ4n) is 2.92. The molecule has 0 spiro atoms. The number of carbonyl (C=O) groups excluding carboxylic acids is 3. The van der Waals surface area contributed by atoms with Gasteiger partial charge in [-0.05, 0) is 66.2 Å². The van der Waals surface area contributed by atoms with Crippen molar-refractivity contribution in [3.05, 3.63) is 89.0 Å². The van der Waals surface area contributed by atoms with E-state index in [2.05, 4.69) is 5.32 Å². The molecule has 0 saturated heterocycles. The Balaban J connectivity index is 1.61. The third kappa shape index (κ3) is 5.42. The zero-order valence-corrected chi connectivity index (χ0v) is 17.6. The van der Waals surface area contributed by atoms with E-state index in [1.807, 2.05) is 0 Å². The minimum Gasteiger partial charge on any atom is -0.496 e. The van der Waals surface area contributed by atoms with E-state index >= 15 is 0 Å². The van der Waals surface area contributed by atoms with Gasteiger partial charge in [0, 0.05) is 17.7 Å². The SMILES string of the molecule is COC(=O)c1cc(CNC(=O)c2ccc(Oc3ccc(C(N)=O)cc3)cc2)ccc1OC. The van der Waals surface area contributed by atoms with Gasteiger partial charge in [-0.3, -0.25) is 9.59 Å². The van der Waals surface area contributed by atoms with Crippen LogP contribution >= 0.6 is 0 Å². The number of carbonyl (C=O) groups is 3. The van der Waals surface area contributed by atoms with E-state index in [1.54, 1.807) is 66.7 Å². The molecule has 0 heterocycles. The Kier molecular flexibility index (Phi) is 7.07. The second-order valence-electron chi connectivity index (χ2n) is 6.72. The summed E-state index contributed by atoms with van der Waals surface area (Å²) in [6.07, 6.45) is 0. The highest BCUT2D eigenvalue weighted by Gasteiger charge is 2.14. The van der Waals surface area contributed by atoms with Crippen molar-refractivity contribution in [2.75, 3.05) is 14.2 Å². The van der Waals surface area contributed by atoms with E-state index in [0.29, 0.717) is 28.4 Å². The van der Waals surface area contributed by atoms with Crippen LogP contribution in [0.15, 0.2) is 66.7 Å². The second-order valence-corrected chi connectivity index (χ2v) is 6.72. The van der Waals surface area contributed by atoms with Crippen molar-refractivity contribution in [1.82, 2.24) is 5.32 Å². The van der Waals surface area contributed by atoms with E-state index in [4.69, 9.17) is 19.9 Å². The Labute approximate surface area is 184 Å². The zero-order chi connectivity index (χ0) is 23.1. The molecule has 164 valence electrons. The van der Waals surface area contributed by atoms with Crippen LogP contribution in [0.25, 0.3) is 0 Å². The summed E-state index contributed by atoms with van der Waals surface area (Å²) in [7, 11) is 2.76. The molecule has 8 heteroatoms. The number of nitrogens with two attached hydrogens (primary N) is 1. The number of benzene rings is 3. The average Bonchev–Trinajstić information content (AvgIpc) is 2.82. The minimum atomic E-state index is -0.519. The molecule has 3 aromatic carbocycles. The van der Waals surface area contributed by atoms with Crippen LogP contribution in [0, 0.1) is 0 Å². The van der Waals surface area contributed by atoms with Crippen LogP contribution in [-0.4, -0.2) is 32.0 Å². The maximum Gasteiger partial charge on any atom is 0.341 e. The number of esters is 1. The van der Waals surface area contributed by atoms with Crippen LogP contribution in [0.2, 0.25) is 0 Å². The minimum absolute atomic E-state index is 0.220. The fraction of sp³-hybridized carbons (Fsp3) is 0.125. The van der Waals surface area contributed by atoms with E-state index in [9.17, 15) is 14.4 Å². The molecule has 2 amide bonds. The number of rotatable bonds is 8. The second kappa shape index (κ2) is 10.1. The van der Waals surface area contributed by atoms with Gasteiger partial charge in [-0.25, -0.2) is 4.79 Å². The summed E-state index contributed by atoms with van der Waals surface area (Å²) < 4.78 is 15.6. The quantitative estimate of drug-likeness (QED) is 0.526. The molecule has 0 atom stereocenters. The number of methoxy groups -OCH3 is 2. The van der Waals surface area contributed by atoms with Crippen LogP contribution in [0.3, 0.4) is 0 Å². The molecule has 0 aromatic heterocycles. The summed E-state index contributed by atoms with van der Waals surface area (Å²) in [4.78, 5) is 35.5. The van der Waals surface area contributed by atoms with Crippen LogP contribution < -0.4 is 20.5 Å². The van der Waals surface area contributed by atoms with E-state index in [1.165, 1.54) is 14.2 Å². The molecule has 0 unspecified atom stereocenters. The molecular weight excluding hydrogens is 412 g/mol. The molecule has 8 nitrogen and oxygen atoms in total. The van der Waals surface area contributed by atoms with Crippen LogP contribution in [0.4, 0.5) is 0 Å². The van der Waals surface area contributed by atoms with Gasteiger partial charge in [0.25, 0.3) is 5.91 Å². The molecule has 0 bridgehead atoms. The number of hydrogen-bond acceptors (Lipinski definition) is 6. The van der Waals surface area contributed by atoms with Crippen molar-refractivity contribution in [2.45, 2.75) is 6.54 Å². The lowest BCUT2D eigenvalue weighted by Gasteiger charge is -2.11. The lowest BCUT2D eigenvalue weighted by atomic mass is 10.1. The van der Waals surface area contributed by atoms with E-state index < -0.39 is 11.9 Å². The Morgan fingerprint density at radius 2 is 1.44 bits per heavy atom. The number of hydrogen-bond donors (Lipinski definition) is 2. The summed E-state index contributed by atoms with van der Waals surface area (Å²) in [5.41, 5.74) is 7.06. The number of nitrogens with one attached hydrogen (secondary N) is 1. The lowest BCUT2D eigenvalue weighted by molar-refractivity contribution is 0.0596. The molecule has 0 fully saturated rings. The molecule has 3 N–H and O–H groups in total. The van der Waals surface area contributed by atoms with Crippen molar-refractivity contribution >= 4 is 17.8 Å². The van der Waals surface area contributed by atoms with Gasteiger partial charge in [-0.2, -0.15) is 0 Å². The van der Waals surface area contributed by atoms with Gasteiger partial charge >= 0.3 is 5.97 Å². The first kappa shape index (κ1) is 22.4. The Morgan fingerprint density at radius 3 is 1.97 bits per heavy atom. The van der Waals surface area contributed by atoms with Crippen molar-refractivity contribution in [1.29, 1.82) is 0 Å². The van der Waals surface area contributed by atoms with Crippen molar-refractivity contribution in [3.63, 3.8) is 0 Å². The third-order valence-electron chi connectivity index (χ3n) is 4.61. The largest absolute Gasteiger partial charge is 0.496 e.